The zero-order chi connectivity index (χ0) is 25.0. The lowest BCUT2D eigenvalue weighted by atomic mass is 9.97. The van der Waals surface area contributed by atoms with Crippen molar-refractivity contribution in [2.75, 3.05) is 72.9 Å². The number of rotatable bonds is 12. The number of methoxy groups -OCH3 is 1. The van der Waals surface area contributed by atoms with Gasteiger partial charge in [0.05, 0.1) is 44.0 Å². The Kier molecular flexibility index (Phi) is 11.4. The van der Waals surface area contributed by atoms with Crippen LogP contribution in [0.1, 0.15) is 54.0 Å². The summed E-state index contributed by atoms with van der Waals surface area (Å²) in [6.45, 7) is 6.35. The smallest absolute Gasteiger partial charge is 0.310 e. The number of nitrogens with zero attached hydrogens (tertiary/aromatic N) is 3. The van der Waals surface area contributed by atoms with E-state index >= 15 is 0 Å². The Morgan fingerprint density at radius 3 is 2.51 bits per heavy atom. The summed E-state index contributed by atoms with van der Waals surface area (Å²) in [6, 6.07) is 0. The molecule has 0 spiro atoms. The van der Waals surface area contributed by atoms with Crippen molar-refractivity contribution in [1.29, 1.82) is 0 Å². The summed E-state index contributed by atoms with van der Waals surface area (Å²) in [4.78, 5) is 45.7. The van der Waals surface area contributed by atoms with E-state index in [2.05, 4.69) is 4.98 Å². The predicted molar refractivity (Wildman–Crippen MR) is 129 cm³/mol. The van der Waals surface area contributed by atoms with Crippen LogP contribution >= 0.6 is 11.3 Å². The predicted octanol–water partition coefficient (Wildman–Crippen LogP) is 1.94. The second-order valence-corrected chi connectivity index (χ2v) is 9.62. The molecule has 2 fully saturated rings. The highest BCUT2D eigenvalue weighted by atomic mass is 32.1. The summed E-state index contributed by atoms with van der Waals surface area (Å²) in [5.74, 6) is -0.408. The standard InChI is InChI=1S/C24H37N3O7S/c1-3-34-24(30)19-5-4-8-27(15-19)23(29)20-17-35-22(25-20)18-6-9-26(10-7-18)21(28)16-33-14-13-32-12-11-31-2/h17-19H,3-16H2,1-2H3. The Hall–Kier alpha value is -2.08. The Bertz CT molecular complexity index is 826. The number of ether oxygens (including phenoxy) is 4. The SMILES string of the molecule is CCOC(=O)C1CCCN(C(=O)c2csc(C3CCN(C(=O)COCCOCCOC)CC3)n2)C1. The minimum Gasteiger partial charge on any atom is -0.466 e. The fourth-order valence-corrected chi connectivity index (χ4v) is 5.30. The van der Waals surface area contributed by atoms with Crippen molar-refractivity contribution in [1.82, 2.24) is 14.8 Å². The number of esters is 1. The average Bonchev–Trinajstić information content (AvgIpc) is 3.38. The van der Waals surface area contributed by atoms with Gasteiger partial charge in [0, 0.05) is 44.6 Å². The maximum atomic E-state index is 13.0. The highest BCUT2D eigenvalue weighted by Gasteiger charge is 2.32. The molecule has 2 aliphatic rings. The van der Waals surface area contributed by atoms with Crippen LogP contribution in [0, 0.1) is 5.92 Å². The molecule has 1 aromatic rings. The molecule has 1 aromatic heterocycles. The van der Waals surface area contributed by atoms with E-state index in [1.165, 1.54) is 11.3 Å². The second kappa shape index (κ2) is 14.5. The molecule has 2 saturated heterocycles. The quantitative estimate of drug-likeness (QED) is 0.310. The molecular weight excluding hydrogens is 474 g/mol. The van der Waals surface area contributed by atoms with E-state index in [-0.39, 0.29) is 36.2 Å². The third kappa shape index (κ3) is 8.23. The largest absolute Gasteiger partial charge is 0.466 e. The van der Waals surface area contributed by atoms with Gasteiger partial charge in [0.15, 0.2) is 0 Å². The van der Waals surface area contributed by atoms with Gasteiger partial charge in [0.2, 0.25) is 5.91 Å². The summed E-state index contributed by atoms with van der Waals surface area (Å²) >= 11 is 1.50. The van der Waals surface area contributed by atoms with Crippen LogP contribution in [0.2, 0.25) is 0 Å². The average molecular weight is 512 g/mol. The number of carbonyl (C=O) groups is 3. The maximum Gasteiger partial charge on any atom is 0.310 e. The van der Waals surface area contributed by atoms with Crippen molar-refractivity contribution in [2.24, 2.45) is 5.92 Å². The van der Waals surface area contributed by atoms with E-state index in [9.17, 15) is 14.4 Å². The third-order valence-corrected chi connectivity index (χ3v) is 7.30. The monoisotopic (exact) mass is 511 g/mol. The lowest BCUT2D eigenvalue weighted by molar-refractivity contribution is -0.149. The zero-order valence-electron chi connectivity index (χ0n) is 20.7. The number of carbonyl (C=O) groups excluding carboxylic acids is 3. The molecule has 0 aliphatic carbocycles. The van der Waals surface area contributed by atoms with Crippen molar-refractivity contribution < 1.29 is 33.3 Å². The lowest BCUT2D eigenvalue weighted by Crippen LogP contribution is -2.43. The highest BCUT2D eigenvalue weighted by Crippen LogP contribution is 2.31. The topological polar surface area (TPSA) is 108 Å². The summed E-state index contributed by atoms with van der Waals surface area (Å²) in [5, 5.41) is 2.75. The molecule has 0 aromatic carbocycles. The molecule has 2 aliphatic heterocycles. The molecule has 3 rings (SSSR count). The van der Waals surface area contributed by atoms with Crippen LogP contribution in [0.5, 0.6) is 0 Å². The highest BCUT2D eigenvalue weighted by molar-refractivity contribution is 7.09. The van der Waals surface area contributed by atoms with Gasteiger partial charge in [-0.25, -0.2) is 4.98 Å². The van der Waals surface area contributed by atoms with Crippen LogP contribution in [0.4, 0.5) is 0 Å². The summed E-state index contributed by atoms with van der Waals surface area (Å²) in [5.41, 5.74) is 0.439. The van der Waals surface area contributed by atoms with Gasteiger partial charge in [-0.2, -0.15) is 0 Å². The van der Waals surface area contributed by atoms with Crippen LogP contribution in [0.25, 0.3) is 0 Å². The van der Waals surface area contributed by atoms with E-state index in [0.29, 0.717) is 64.9 Å². The first kappa shape index (κ1) is 27.5. The molecule has 0 N–H and O–H groups in total. The number of likely N-dealkylation sites (tertiary alicyclic amines) is 2. The molecule has 3 heterocycles. The number of amides is 2. The van der Waals surface area contributed by atoms with E-state index < -0.39 is 0 Å². The Morgan fingerprint density at radius 2 is 1.77 bits per heavy atom. The van der Waals surface area contributed by atoms with E-state index in [1.807, 2.05) is 10.3 Å². The second-order valence-electron chi connectivity index (χ2n) is 8.73. The van der Waals surface area contributed by atoms with Gasteiger partial charge in [-0.3, -0.25) is 14.4 Å². The first-order chi connectivity index (χ1) is 17.0. The van der Waals surface area contributed by atoms with Gasteiger partial charge in [0.1, 0.15) is 12.3 Å². The van der Waals surface area contributed by atoms with E-state index in [0.717, 1.165) is 30.7 Å². The van der Waals surface area contributed by atoms with Crippen LogP contribution < -0.4 is 0 Å². The molecule has 0 saturated carbocycles. The van der Waals surface area contributed by atoms with E-state index in [4.69, 9.17) is 18.9 Å². The van der Waals surface area contributed by atoms with Crippen LogP contribution in [0.3, 0.4) is 0 Å². The van der Waals surface area contributed by atoms with Crippen LogP contribution in [-0.4, -0.2) is 105 Å². The van der Waals surface area contributed by atoms with Gasteiger partial charge in [-0.15, -0.1) is 11.3 Å². The number of hydrogen-bond acceptors (Lipinski definition) is 9. The van der Waals surface area contributed by atoms with E-state index in [1.54, 1.807) is 18.9 Å². The molecule has 0 bridgehead atoms. The molecule has 1 atom stereocenters. The molecule has 10 nitrogen and oxygen atoms in total. The van der Waals surface area contributed by atoms with Crippen molar-refractivity contribution in [3.8, 4) is 0 Å². The van der Waals surface area contributed by atoms with Gasteiger partial charge in [-0.1, -0.05) is 0 Å². The molecule has 2 amide bonds. The lowest BCUT2D eigenvalue weighted by Gasteiger charge is -2.31. The van der Waals surface area contributed by atoms with Gasteiger partial charge in [-0.05, 0) is 32.6 Å². The number of thiazole rings is 1. The van der Waals surface area contributed by atoms with Gasteiger partial charge in [0.25, 0.3) is 5.91 Å². The maximum absolute atomic E-state index is 13.0. The van der Waals surface area contributed by atoms with Crippen molar-refractivity contribution in [2.45, 2.75) is 38.5 Å². The molecule has 196 valence electrons. The summed E-state index contributed by atoms with van der Waals surface area (Å²) < 4.78 is 20.8. The fourth-order valence-electron chi connectivity index (χ4n) is 4.34. The van der Waals surface area contributed by atoms with Crippen molar-refractivity contribution >= 4 is 29.1 Å². The molecule has 35 heavy (non-hydrogen) atoms. The van der Waals surface area contributed by atoms with Crippen molar-refractivity contribution in [3.63, 3.8) is 0 Å². The minimum absolute atomic E-state index is 0.0170. The fraction of sp³-hybridized carbons (Fsp3) is 0.750. The number of aromatic nitrogens is 1. The molecule has 1 unspecified atom stereocenters. The normalized spacial score (nSPS) is 19.1. The Labute approximate surface area is 210 Å². The Balaban J connectivity index is 1.41. The Morgan fingerprint density at radius 1 is 1.03 bits per heavy atom. The molecule has 0 radical (unpaired) electrons. The van der Waals surface area contributed by atoms with Gasteiger partial charge < -0.3 is 28.7 Å². The molecular formula is C24H37N3O7S. The summed E-state index contributed by atoms with van der Waals surface area (Å²) in [6.07, 6.45) is 3.14. The van der Waals surface area contributed by atoms with Crippen LogP contribution in [-0.2, 0) is 28.5 Å². The summed E-state index contributed by atoms with van der Waals surface area (Å²) in [7, 11) is 1.62. The van der Waals surface area contributed by atoms with Crippen molar-refractivity contribution in [3.05, 3.63) is 16.1 Å². The number of piperidine rings is 2. The third-order valence-electron chi connectivity index (χ3n) is 6.30. The zero-order valence-corrected chi connectivity index (χ0v) is 21.6. The minimum atomic E-state index is -0.264. The first-order valence-electron chi connectivity index (χ1n) is 12.4. The number of hydrogen-bond donors (Lipinski definition) is 0. The first-order valence-corrected chi connectivity index (χ1v) is 13.2. The van der Waals surface area contributed by atoms with Crippen LogP contribution in [0.15, 0.2) is 5.38 Å². The van der Waals surface area contributed by atoms with Gasteiger partial charge >= 0.3 is 5.97 Å². The molecule has 11 heteroatoms.